The minimum atomic E-state index is 0.136. The summed E-state index contributed by atoms with van der Waals surface area (Å²) in [5.74, 6) is 0.136. The van der Waals surface area contributed by atoms with E-state index in [-0.39, 0.29) is 5.91 Å². The van der Waals surface area contributed by atoms with Crippen LogP contribution in [-0.2, 0) is 4.79 Å². The lowest BCUT2D eigenvalue weighted by Gasteiger charge is -2.32. The van der Waals surface area contributed by atoms with Gasteiger partial charge in [-0.05, 0) is 13.5 Å². The molecule has 0 aromatic heterocycles. The van der Waals surface area contributed by atoms with Crippen molar-refractivity contribution in [3.05, 3.63) is 25.3 Å². The van der Waals surface area contributed by atoms with E-state index in [0.717, 1.165) is 13.1 Å². The summed E-state index contributed by atoms with van der Waals surface area (Å²) < 4.78 is 0. The van der Waals surface area contributed by atoms with Crippen LogP contribution in [0.3, 0.4) is 0 Å². The van der Waals surface area contributed by atoms with Crippen LogP contribution in [0.5, 0.6) is 0 Å². The fourth-order valence-electron chi connectivity index (χ4n) is 1.60. The molecule has 0 fully saturated rings. The molecular weight excluding hydrogens is 214 g/mol. The maximum atomic E-state index is 12.0. The molecule has 0 aliphatic rings. The molecule has 0 saturated heterocycles. The summed E-state index contributed by atoms with van der Waals surface area (Å²) in [6.07, 6.45) is 4.11. The maximum Gasteiger partial charge on any atom is 0.238 e. The molecular formula is C13H25N3O. The van der Waals surface area contributed by atoms with Gasteiger partial charge in [0.05, 0.1) is 0 Å². The first-order valence-corrected chi connectivity index (χ1v) is 6.18. The van der Waals surface area contributed by atoms with Crippen LogP contribution in [0, 0.1) is 0 Å². The van der Waals surface area contributed by atoms with Gasteiger partial charge >= 0.3 is 0 Å². The van der Waals surface area contributed by atoms with Gasteiger partial charge in [0.1, 0.15) is 0 Å². The third kappa shape index (κ3) is 6.24. The van der Waals surface area contributed by atoms with Gasteiger partial charge in [-0.2, -0.15) is 0 Å². The number of carbonyl (C=O) groups excluding carboxylic acids is 1. The number of nitrogens with one attached hydrogen (secondary N) is 1. The predicted octanol–water partition coefficient (Wildman–Crippen LogP) is 1.42. The average Bonchev–Trinajstić information content (AvgIpc) is 2.31. The van der Waals surface area contributed by atoms with Gasteiger partial charge in [0.25, 0.3) is 0 Å². The Morgan fingerprint density at radius 1 is 1.24 bits per heavy atom. The van der Waals surface area contributed by atoms with E-state index in [1.54, 1.807) is 17.2 Å². The minimum absolute atomic E-state index is 0.136. The molecule has 98 valence electrons. The smallest absolute Gasteiger partial charge is 0.238 e. The van der Waals surface area contributed by atoms with E-state index in [0.29, 0.717) is 26.1 Å². The van der Waals surface area contributed by atoms with Crippen LogP contribution >= 0.6 is 0 Å². The second-order valence-electron chi connectivity index (χ2n) is 3.66. The number of amides is 1. The Hall–Kier alpha value is -1.13. The van der Waals surface area contributed by atoms with Crippen molar-refractivity contribution in [1.82, 2.24) is 15.3 Å². The van der Waals surface area contributed by atoms with E-state index < -0.39 is 0 Å². The highest BCUT2D eigenvalue weighted by Crippen LogP contribution is 2.02. The monoisotopic (exact) mass is 239 g/mol. The van der Waals surface area contributed by atoms with Gasteiger partial charge in [-0.15, -0.1) is 13.2 Å². The van der Waals surface area contributed by atoms with Crippen molar-refractivity contribution in [3.63, 3.8) is 0 Å². The van der Waals surface area contributed by atoms with Crippen LogP contribution in [0.1, 0.15) is 20.3 Å². The number of carbonyl (C=O) groups is 1. The van der Waals surface area contributed by atoms with Gasteiger partial charge in [-0.1, -0.05) is 19.1 Å². The van der Waals surface area contributed by atoms with Crippen LogP contribution in [0.25, 0.3) is 0 Å². The Kier molecular flexibility index (Phi) is 9.38. The van der Waals surface area contributed by atoms with E-state index in [9.17, 15) is 4.79 Å². The Morgan fingerprint density at radius 3 is 2.24 bits per heavy atom. The molecule has 0 aromatic carbocycles. The summed E-state index contributed by atoms with van der Waals surface area (Å²) in [4.78, 5) is 12.0. The molecule has 0 aliphatic heterocycles. The zero-order valence-electron chi connectivity index (χ0n) is 11.1. The quantitative estimate of drug-likeness (QED) is 0.356. The fourth-order valence-corrected chi connectivity index (χ4v) is 1.60. The summed E-state index contributed by atoms with van der Waals surface area (Å²) in [6, 6.07) is 0. The maximum absolute atomic E-state index is 12.0. The SMILES string of the molecule is C=CCN(CC=C)N(CC)C(=O)CCNCC. The summed E-state index contributed by atoms with van der Waals surface area (Å²) in [5, 5.41) is 6.87. The second-order valence-corrected chi connectivity index (χ2v) is 3.66. The van der Waals surface area contributed by atoms with Crippen molar-refractivity contribution >= 4 is 5.91 Å². The van der Waals surface area contributed by atoms with Crippen molar-refractivity contribution in [1.29, 1.82) is 0 Å². The average molecular weight is 239 g/mol. The van der Waals surface area contributed by atoms with Crippen molar-refractivity contribution in [2.45, 2.75) is 20.3 Å². The van der Waals surface area contributed by atoms with Crippen molar-refractivity contribution in [2.24, 2.45) is 0 Å². The summed E-state index contributed by atoms with van der Waals surface area (Å²) in [7, 11) is 0. The van der Waals surface area contributed by atoms with Crippen LogP contribution in [0.15, 0.2) is 25.3 Å². The molecule has 0 aliphatic carbocycles. The number of hydrazine groups is 1. The highest BCUT2D eigenvalue weighted by molar-refractivity contribution is 5.75. The molecule has 1 amide bonds. The summed E-state index contributed by atoms with van der Waals surface area (Å²) in [6.45, 7) is 15.0. The molecule has 0 atom stereocenters. The number of hydrogen-bond donors (Lipinski definition) is 1. The molecule has 0 unspecified atom stereocenters. The zero-order valence-corrected chi connectivity index (χ0v) is 11.1. The number of nitrogens with zero attached hydrogens (tertiary/aromatic N) is 2. The van der Waals surface area contributed by atoms with E-state index in [2.05, 4.69) is 18.5 Å². The topological polar surface area (TPSA) is 35.6 Å². The van der Waals surface area contributed by atoms with E-state index in [4.69, 9.17) is 0 Å². The second kappa shape index (κ2) is 10.1. The first-order valence-electron chi connectivity index (χ1n) is 6.18. The number of hydrogen-bond acceptors (Lipinski definition) is 3. The third-order valence-electron chi connectivity index (χ3n) is 2.37. The molecule has 1 N–H and O–H groups in total. The van der Waals surface area contributed by atoms with Crippen LogP contribution in [0.2, 0.25) is 0 Å². The van der Waals surface area contributed by atoms with Crippen molar-refractivity contribution < 1.29 is 4.79 Å². The summed E-state index contributed by atoms with van der Waals surface area (Å²) >= 11 is 0. The molecule has 0 spiro atoms. The zero-order chi connectivity index (χ0) is 13.1. The highest BCUT2D eigenvalue weighted by atomic mass is 16.2. The molecule has 4 heteroatoms. The Balaban J connectivity index is 4.36. The standard InChI is InChI=1S/C13H25N3O/c1-5-11-15(12-6-2)16(8-4)13(17)9-10-14-7-3/h5-6,14H,1-2,7-12H2,3-4H3. The van der Waals surface area contributed by atoms with E-state index in [1.165, 1.54) is 0 Å². The van der Waals surface area contributed by atoms with E-state index >= 15 is 0 Å². The first kappa shape index (κ1) is 15.9. The van der Waals surface area contributed by atoms with Gasteiger partial charge in [0.15, 0.2) is 0 Å². The predicted molar refractivity (Wildman–Crippen MR) is 72.5 cm³/mol. The van der Waals surface area contributed by atoms with Crippen LogP contribution in [-0.4, -0.2) is 48.6 Å². The molecule has 0 heterocycles. The normalized spacial score (nSPS) is 10.3. The molecule has 0 radical (unpaired) electrons. The van der Waals surface area contributed by atoms with Gasteiger partial charge in [-0.3, -0.25) is 9.80 Å². The Labute approximate surface area is 105 Å². The molecule has 0 rings (SSSR count). The minimum Gasteiger partial charge on any atom is -0.316 e. The molecule has 17 heavy (non-hydrogen) atoms. The first-order chi connectivity index (χ1) is 8.21. The van der Waals surface area contributed by atoms with Crippen molar-refractivity contribution in [2.75, 3.05) is 32.7 Å². The largest absolute Gasteiger partial charge is 0.316 e. The molecule has 0 bridgehead atoms. The van der Waals surface area contributed by atoms with Crippen LogP contribution in [0.4, 0.5) is 0 Å². The lowest BCUT2D eigenvalue weighted by molar-refractivity contribution is -0.146. The third-order valence-corrected chi connectivity index (χ3v) is 2.37. The van der Waals surface area contributed by atoms with Gasteiger partial charge in [-0.25, -0.2) is 5.01 Å². The van der Waals surface area contributed by atoms with Gasteiger partial charge in [0, 0.05) is 32.6 Å². The van der Waals surface area contributed by atoms with Gasteiger partial charge < -0.3 is 5.32 Å². The Bertz CT molecular complexity index is 231. The Morgan fingerprint density at radius 2 is 1.82 bits per heavy atom. The lowest BCUT2D eigenvalue weighted by Crippen LogP contribution is -2.47. The molecule has 0 aromatic rings. The lowest BCUT2D eigenvalue weighted by atomic mass is 10.3. The molecule has 0 saturated carbocycles. The fraction of sp³-hybridized carbons (Fsp3) is 0.615. The van der Waals surface area contributed by atoms with Crippen molar-refractivity contribution in [3.8, 4) is 0 Å². The van der Waals surface area contributed by atoms with Gasteiger partial charge in [0.2, 0.25) is 5.91 Å². The summed E-state index contributed by atoms with van der Waals surface area (Å²) in [5.41, 5.74) is 0. The molecule has 4 nitrogen and oxygen atoms in total. The van der Waals surface area contributed by atoms with Crippen LogP contribution < -0.4 is 5.32 Å². The van der Waals surface area contributed by atoms with E-state index in [1.807, 2.05) is 18.9 Å². The number of rotatable bonds is 10. The highest BCUT2D eigenvalue weighted by Gasteiger charge is 2.17.